The Labute approximate surface area is 151 Å². The van der Waals surface area contributed by atoms with Crippen LogP contribution in [0.2, 0.25) is 0 Å². The molecular formula is C16H18F4N2O5. The molecule has 0 aliphatic carbocycles. The Morgan fingerprint density at radius 2 is 2.11 bits per heavy atom. The lowest BCUT2D eigenvalue weighted by Crippen LogP contribution is -2.40. The van der Waals surface area contributed by atoms with Crippen molar-refractivity contribution in [3.05, 3.63) is 23.9 Å². The Balaban J connectivity index is 2.01. The Morgan fingerprint density at radius 3 is 2.63 bits per heavy atom. The summed E-state index contributed by atoms with van der Waals surface area (Å²) < 4.78 is 59.3. The molecule has 1 atom stereocenters. The number of halogens is 4. The van der Waals surface area contributed by atoms with Crippen LogP contribution in [-0.4, -0.2) is 72.6 Å². The average Bonchev–Trinajstić information content (AvgIpc) is 3.06. The van der Waals surface area contributed by atoms with E-state index < -0.39 is 36.2 Å². The number of carboxylic acid groups (broad SMARTS) is 1. The molecule has 1 amide bonds. The second-order valence-electron chi connectivity index (χ2n) is 6.23. The third-order valence-corrected chi connectivity index (χ3v) is 4.23. The van der Waals surface area contributed by atoms with Gasteiger partial charge in [0.2, 0.25) is 5.88 Å². The number of nitrogens with zero attached hydrogens (tertiary/aromatic N) is 2. The van der Waals surface area contributed by atoms with Gasteiger partial charge in [0.15, 0.2) is 6.61 Å². The van der Waals surface area contributed by atoms with Crippen LogP contribution in [0.15, 0.2) is 18.3 Å². The van der Waals surface area contributed by atoms with E-state index in [0.29, 0.717) is 0 Å². The lowest BCUT2D eigenvalue weighted by Gasteiger charge is -2.23. The van der Waals surface area contributed by atoms with Crippen molar-refractivity contribution in [1.82, 2.24) is 9.88 Å². The summed E-state index contributed by atoms with van der Waals surface area (Å²) in [4.78, 5) is 29.0. The predicted molar refractivity (Wildman–Crippen MR) is 83.1 cm³/mol. The maximum absolute atomic E-state index is 12.8. The van der Waals surface area contributed by atoms with Gasteiger partial charge in [0.05, 0.1) is 12.2 Å². The third-order valence-electron chi connectivity index (χ3n) is 4.23. The van der Waals surface area contributed by atoms with Crippen LogP contribution in [0.25, 0.3) is 0 Å². The molecule has 0 saturated carbocycles. The van der Waals surface area contributed by atoms with Crippen molar-refractivity contribution in [2.45, 2.75) is 18.8 Å². The van der Waals surface area contributed by atoms with Crippen molar-refractivity contribution in [1.29, 1.82) is 0 Å². The first kappa shape index (κ1) is 20.9. The second kappa shape index (κ2) is 8.07. The molecule has 27 heavy (non-hydrogen) atoms. The van der Waals surface area contributed by atoms with E-state index in [-0.39, 0.29) is 37.6 Å². The highest BCUT2D eigenvalue weighted by atomic mass is 19.3. The maximum atomic E-state index is 12.8. The topological polar surface area (TPSA) is 89.0 Å². The number of ether oxygens (including phenoxy) is 2. The third kappa shape index (κ3) is 4.65. The van der Waals surface area contributed by atoms with E-state index in [1.165, 1.54) is 18.1 Å². The normalized spacial score (nSPS) is 20.1. The van der Waals surface area contributed by atoms with Gasteiger partial charge in [-0.05, 0) is 12.5 Å². The van der Waals surface area contributed by atoms with Crippen LogP contribution < -0.4 is 4.74 Å². The van der Waals surface area contributed by atoms with E-state index in [1.807, 2.05) is 0 Å². The SMILES string of the molecule is COCC1(C(=O)O)CCN(C(=O)c2ccc(OCC(F)(F)C(F)F)nc2)C1. The number of amides is 1. The van der Waals surface area contributed by atoms with Crippen LogP contribution in [-0.2, 0) is 9.53 Å². The van der Waals surface area contributed by atoms with Gasteiger partial charge in [0.1, 0.15) is 5.41 Å². The summed E-state index contributed by atoms with van der Waals surface area (Å²) in [6.45, 7) is -1.44. The molecule has 1 aromatic heterocycles. The molecule has 1 aromatic rings. The summed E-state index contributed by atoms with van der Waals surface area (Å²) in [5.41, 5.74) is -1.11. The molecule has 150 valence electrons. The minimum atomic E-state index is -4.31. The van der Waals surface area contributed by atoms with Gasteiger partial charge in [-0.2, -0.15) is 8.78 Å². The molecule has 1 aliphatic heterocycles. The van der Waals surface area contributed by atoms with Crippen LogP contribution in [0.5, 0.6) is 5.88 Å². The zero-order valence-electron chi connectivity index (χ0n) is 14.3. The number of aromatic nitrogens is 1. The molecular weight excluding hydrogens is 376 g/mol. The van der Waals surface area contributed by atoms with Gasteiger partial charge in [-0.3, -0.25) is 9.59 Å². The van der Waals surface area contributed by atoms with Gasteiger partial charge in [-0.1, -0.05) is 0 Å². The first-order chi connectivity index (χ1) is 12.6. The Morgan fingerprint density at radius 1 is 1.41 bits per heavy atom. The van der Waals surface area contributed by atoms with Crippen molar-refractivity contribution in [3.8, 4) is 5.88 Å². The molecule has 0 radical (unpaired) electrons. The summed E-state index contributed by atoms with van der Waals surface area (Å²) in [5, 5.41) is 9.40. The zero-order chi connectivity index (χ0) is 20.2. The molecule has 2 heterocycles. The number of methoxy groups -OCH3 is 1. The van der Waals surface area contributed by atoms with E-state index >= 15 is 0 Å². The minimum absolute atomic E-state index is 0.0461. The standard InChI is InChI=1S/C16H18F4N2O5/c1-26-8-15(14(24)25)4-5-22(7-15)12(23)10-2-3-11(21-6-10)27-9-16(19,20)13(17)18/h2-3,6,13H,4-5,7-9H2,1H3,(H,24,25). The zero-order valence-corrected chi connectivity index (χ0v) is 14.3. The van der Waals surface area contributed by atoms with Crippen molar-refractivity contribution < 1.29 is 41.7 Å². The first-order valence-corrected chi connectivity index (χ1v) is 7.88. The Hall–Kier alpha value is -2.43. The summed E-state index contributed by atoms with van der Waals surface area (Å²) in [6.07, 6.45) is -2.59. The number of pyridine rings is 1. The Kier molecular flexibility index (Phi) is 6.24. The number of aliphatic carboxylic acids is 1. The van der Waals surface area contributed by atoms with Gasteiger partial charge in [0, 0.05) is 32.5 Å². The fraction of sp³-hybridized carbons (Fsp3) is 0.562. The van der Waals surface area contributed by atoms with Crippen LogP contribution >= 0.6 is 0 Å². The Bertz CT molecular complexity index is 686. The van der Waals surface area contributed by atoms with Gasteiger partial charge in [-0.25, -0.2) is 13.8 Å². The molecule has 1 unspecified atom stereocenters. The fourth-order valence-electron chi connectivity index (χ4n) is 2.68. The number of hydrogen-bond acceptors (Lipinski definition) is 5. The minimum Gasteiger partial charge on any atom is -0.481 e. The largest absolute Gasteiger partial charge is 0.481 e. The molecule has 2 rings (SSSR count). The monoisotopic (exact) mass is 394 g/mol. The smallest absolute Gasteiger partial charge is 0.340 e. The number of carbonyl (C=O) groups is 2. The van der Waals surface area contributed by atoms with Crippen LogP contribution in [0.1, 0.15) is 16.8 Å². The molecule has 1 aliphatic rings. The second-order valence-corrected chi connectivity index (χ2v) is 6.23. The summed E-state index contributed by atoms with van der Waals surface area (Å²) >= 11 is 0. The summed E-state index contributed by atoms with van der Waals surface area (Å²) in [5.74, 6) is -6.21. The number of alkyl halides is 4. The first-order valence-electron chi connectivity index (χ1n) is 7.88. The highest BCUT2D eigenvalue weighted by Gasteiger charge is 2.46. The van der Waals surface area contributed by atoms with E-state index in [0.717, 1.165) is 12.3 Å². The van der Waals surface area contributed by atoms with Crippen molar-refractivity contribution in [2.75, 3.05) is 33.4 Å². The molecule has 7 nitrogen and oxygen atoms in total. The molecule has 1 fully saturated rings. The highest BCUT2D eigenvalue weighted by Crippen LogP contribution is 2.32. The fourth-order valence-corrected chi connectivity index (χ4v) is 2.68. The number of hydrogen-bond donors (Lipinski definition) is 1. The van der Waals surface area contributed by atoms with Crippen LogP contribution in [0, 0.1) is 5.41 Å². The average molecular weight is 394 g/mol. The highest BCUT2D eigenvalue weighted by molar-refractivity contribution is 5.94. The van der Waals surface area contributed by atoms with E-state index in [1.54, 1.807) is 0 Å². The molecule has 0 spiro atoms. The van der Waals surface area contributed by atoms with Gasteiger partial charge < -0.3 is 19.5 Å². The van der Waals surface area contributed by atoms with Gasteiger partial charge in [-0.15, -0.1) is 0 Å². The number of likely N-dealkylation sites (tertiary alicyclic amines) is 1. The number of carboxylic acids is 1. The van der Waals surface area contributed by atoms with Crippen LogP contribution in [0.4, 0.5) is 17.6 Å². The molecule has 1 N–H and O–H groups in total. The molecule has 0 aromatic carbocycles. The summed E-state index contributed by atoms with van der Waals surface area (Å²) in [7, 11) is 1.37. The van der Waals surface area contributed by atoms with Gasteiger partial charge >= 0.3 is 18.3 Å². The molecule has 0 bridgehead atoms. The van der Waals surface area contributed by atoms with Crippen molar-refractivity contribution in [3.63, 3.8) is 0 Å². The van der Waals surface area contributed by atoms with E-state index in [4.69, 9.17) is 4.74 Å². The van der Waals surface area contributed by atoms with E-state index in [2.05, 4.69) is 9.72 Å². The van der Waals surface area contributed by atoms with E-state index in [9.17, 15) is 32.3 Å². The maximum Gasteiger partial charge on any atom is 0.340 e. The predicted octanol–water partition coefficient (Wildman–Crippen LogP) is 1.92. The molecule has 11 heteroatoms. The summed E-state index contributed by atoms with van der Waals surface area (Å²) in [6, 6.07) is 2.34. The number of rotatable bonds is 8. The van der Waals surface area contributed by atoms with Crippen molar-refractivity contribution in [2.24, 2.45) is 5.41 Å². The van der Waals surface area contributed by atoms with Crippen LogP contribution in [0.3, 0.4) is 0 Å². The van der Waals surface area contributed by atoms with Gasteiger partial charge in [0.25, 0.3) is 5.91 Å². The van der Waals surface area contributed by atoms with Crippen molar-refractivity contribution >= 4 is 11.9 Å². The molecule has 1 saturated heterocycles. The quantitative estimate of drug-likeness (QED) is 0.678. The lowest BCUT2D eigenvalue weighted by molar-refractivity contribution is -0.151. The lowest BCUT2D eigenvalue weighted by atomic mass is 9.88. The number of carbonyl (C=O) groups excluding carboxylic acids is 1.